The van der Waals surface area contributed by atoms with Crippen LogP contribution in [-0.4, -0.2) is 30.9 Å². The summed E-state index contributed by atoms with van der Waals surface area (Å²) >= 11 is 1.46. The van der Waals surface area contributed by atoms with Gasteiger partial charge in [0.1, 0.15) is 0 Å². The van der Waals surface area contributed by atoms with Gasteiger partial charge in [0.2, 0.25) is 0 Å². The molecule has 0 atom stereocenters. The number of hydrogen-bond donors (Lipinski definition) is 1. The van der Waals surface area contributed by atoms with Crippen LogP contribution in [0.4, 0.5) is 5.69 Å². The molecular weight excluding hydrogens is 444 g/mol. The number of anilines is 1. The van der Waals surface area contributed by atoms with E-state index in [-0.39, 0.29) is 11.6 Å². The summed E-state index contributed by atoms with van der Waals surface area (Å²) in [5, 5.41) is 12.2. The largest absolute Gasteiger partial charge is 0.321 e. The molecule has 0 aliphatic carbocycles. The summed E-state index contributed by atoms with van der Waals surface area (Å²) in [6.45, 7) is 10.2. The van der Waals surface area contributed by atoms with Gasteiger partial charge in [0.25, 0.3) is 5.91 Å². The van der Waals surface area contributed by atoms with Crippen LogP contribution in [0, 0.1) is 20.8 Å². The SMILES string of the molecule is Cc1ccc(-n2nnc(C(=O)Nc3ccc(C(C)C)cc3)c2CSc2nc(C)cc(C)n2)cc1. The third-order valence-corrected chi connectivity index (χ3v) is 6.25. The van der Waals surface area contributed by atoms with E-state index in [0.29, 0.717) is 22.5 Å². The minimum Gasteiger partial charge on any atom is -0.321 e. The highest BCUT2D eigenvalue weighted by Crippen LogP contribution is 2.25. The fourth-order valence-electron chi connectivity index (χ4n) is 3.53. The Balaban J connectivity index is 1.64. The summed E-state index contributed by atoms with van der Waals surface area (Å²) in [5.41, 5.74) is 6.70. The molecule has 34 heavy (non-hydrogen) atoms. The van der Waals surface area contributed by atoms with Crippen molar-refractivity contribution in [1.82, 2.24) is 25.0 Å². The number of carbonyl (C=O) groups is 1. The van der Waals surface area contributed by atoms with E-state index < -0.39 is 0 Å². The van der Waals surface area contributed by atoms with Crippen LogP contribution < -0.4 is 5.32 Å². The molecular formula is C26H28N6OS. The van der Waals surface area contributed by atoms with Crippen molar-refractivity contribution in [2.24, 2.45) is 0 Å². The Labute approximate surface area is 204 Å². The summed E-state index contributed by atoms with van der Waals surface area (Å²) in [5.74, 6) is 0.571. The summed E-state index contributed by atoms with van der Waals surface area (Å²) < 4.78 is 1.71. The number of thioether (sulfide) groups is 1. The van der Waals surface area contributed by atoms with Crippen molar-refractivity contribution in [3.05, 3.63) is 88.5 Å². The van der Waals surface area contributed by atoms with Crippen molar-refractivity contribution >= 4 is 23.4 Å². The first-order valence-corrected chi connectivity index (χ1v) is 12.2. The van der Waals surface area contributed by atoms with E-state index in [4.69, 9.17) is 0 Å². The van der Waals surface area contributed by atoms with Gasteiger partial charge in [-0.1, -0.05) is 60.7 Å². The average Bonchev–Trinajstić information content (AvgIpc) is 3.22. The average molecular weight is 473 g/mol. The number of rotatable bonds is 7. The van der Waals surface area contributed by atoms with Gasteiger partial charge >= 0.3 is 0 Å². The van der Waals surface area contributed by atoms with E-state index in [9.17, 15) is 4.79 Å². The van der Waals surface area contributed by atoms with Crippen molar-refractivity contribution in [2.45, 2.75) is 51.4 Å². The molecule has 0 aliphatic rings. The molecule has 0 radical (unpaired) electrons. The van der Waals surface area contributed by atoms with Gasteiger partial charge in [0.05, 0.1) is 11.4 Å². The van der Waals surface area contributed by atoms with Crippen LogP contribution in [-0.2, 0) is 5.75 Å². The zero-order valence-corrected chi connectivity index (χ0v) is 20.8. The number of aromatic nitrogens is 5. The minimum atomic E-state index is -0.299. The molecule has 1 amide bonds. The Hall–Kier alpha value is -3.52. The predicted molar refractivity (Wildman–Crippen MR) is 136 cm³/mol. The van der Waals surface area contributed by atoms with Crippen molar-refractivity contribution in [1.29, 1.82) is 0 Å². The second-order valence-electron chi connectivity index (χ2n) is 8.58. The number of carbonyl (C=O) groups excluding carboxylic acids is 1. The second-order valence-corrected chi connectivity index (χ2v) is 9.53. The highest BCUT2D eigenvalue weighted by Gasteiger charge is 2.22. The molecule has 4 aromatic rings. The van der Waals surface area contributed by atoms with Crippen molar-refractivity contribution in [3.8, 4) is 5.69 Å². The number of nitrogens with one attached hydrogen (secondary N) is 1. The highest BCUT2D eigenvalue weighted by atomic mass is 32.2. The molecule has 0 spiro atoms. The fraction of sp³-hybridized carbons (Fsp3) is 0.269. The number of aryl methyl sites for hydroxylation is 3. The van der Waals surface area contributed by atoms with E-state index in [0.717, 1.165) is 28.3 Å². The first kappa shape index (κ1) is 23.6. The van der Waals surface area contributed by atoms with E-state index >= 15 is 0 Å². The summed E-state index contributed by atoms with van der Waals surface area (Å²) in [4.78, 5) is 22.2. The van der Waals surface area contributed by atoms with Crippen LogP contribution in [0.25, 0.3) is 5.69 Å². The highest BCUT2D eigenvalue weighted by molar-refractivity contribution is 7.98. The van der Waals surface area contributed by atoms with Gasteiger partial charge in [0, 0.05) is 22.8 Å². The van der Waals surface area contributed by atoms with E-state index in [1.807, 2.05) is 75.4 Å². The van der Waals surface area contributed by atoms with Crippen LogP contribution in [0.5, 0.6) is 0 Å². The van der Waals surface area contributed by atoms with Gasteiger partial charge in [0.15, 0.2) is 10.9 Å². The second kappa shape index (κ2) is 10.2. The lowest BCUT2D eigenvalue weighted by molar-refractivity contribution is 0.102. The van der Waals surface area contributed by atoms with Crippen molar-refractivity contribution < 1.29 is 4.79 Å². The van der Waals surface area contributed by atoms with Crippen LogP contribution in [0.1, 0.15) is 58.5 Å². The monoisotopic (exact) mass is 472 g/mol. The Kier molecular flexibility index (Phi) is 7.07. The summed E-state index contributed by atoms with van der Waals surface area (Å²) in [7, 11) is 0. The molecule has 0 unspecified atom stereocenters. The lowest BCUT2D eigenvalue weighted by Crippen LogP contribution is -2.15. The Morgan fingerprint density at radius 2 is 1.62 bits per heavy atom. The molecule has 1 N–H and O–H groups in total. The molecule has 2 heterocycles. The molecule has 0 aliphatic heterocycles. The Morgan fingerprint density at radius 1 is 0.971 bits per heavy atom. The molecule has 4 rings (SSSR count). The lowest BCUT2D eigenvalue weighted by Gasteiger charge is -2.10. The molecule has 2 aromatic carbocycles. The van der Waals surface area contributed by atoms with Crippen LogP contribution in [0.15, 0.2) is 59.8 Å². The molecule has 0 fully saturated rings. The predicted octanol–water partition coefficient (Wildman–Crippen LogP) is 5.65. The molecule has 8 heteroatoms. The molecule has 7 nitrogen and oxygen atoms in total. The van der Waals surface area contributed by atoms with E-state index in [1.165, 1.54) is 17.3 Å². The van der Waals surface area contributed by atoms with Gasteiger partial charge in [-0.05, 0) is 62.6 Å². The van der Waals surface area contributed by atoms with Crippen molar-refractivity contribution in [3.63, 3.8) is 0 Å². The van der Waals surface area contributed by atoms with Crippen LogP contribution in [0.2, 0.25) is 0 Å². The van der Waals surface area contributed by atoms with Crippen LogP contribution in [0.3, 0.4) is 0 Å². The lowest BCUT2D eigenvalue weighted by atomic mass is 10.0. The molecule has 0 bridgehead atoms. The maximum absolute atomic E-state index is 13.2. The van der Waals surface area contributed by atoms with Gasteiger partial charge in [-0.2, -0.15) is 0 Å². The van der Waals surface area contributed by atoms with Gasteiger partial charge in [-0.15, -0.1) is 5.10 Å². The quantitative estimate of drug-likeness (QED) is 0.276. The van der Waals surface area contributed by atoms with Gasteiger partial charge in [-0.25, -0.2) is 14.6 Å². The maximum atomic E-state index is 13.2. The van der Waals surface area contributed by atoms with Crippen LogP contribution >= 0.6 is 11.8 Å². The van der Waals surface area contributed by atoms with Gasteiger partial charge in [-0.3, -0.25) is 4.79 Å². The van der Waals surface area contributed by atoms with E-state index in [1.54, 1.807) is 4.68 Å². The zero-order valence-electron chi connectivity index (χ0n) is 20.0. The topological polar surface area (TPSA) is 85.6 Å². The first-order valence-electron chi connectivity index (χ1n) is 11.2. The normalized spacial score (nSPS) is 11.1. The summed E-state index contributed by atoms with van der Waals surface area (Å²) in [6.07, 6.45) is 0. The Bertz CT molecular complexity index is 1280. The zero-order chi connectivity index (χ0) is 24.2. The van der Waals surface area contributed by atoms with Gasteiger partial charge < -0.3 is 5.32 Å². The van der Waals surface area contributed by atoms with Crippen molar-refractivity contribution in [2.75, 3.05) is 5.32 Å². The molecule has 0 saturated carbocycles. The number of amides is 1. The third-order valence-electron chi connectivity index (χ3n) is 5.39. The maximum Gasteiger partial charge on any atom is 0.278 e. The molecule has 2 aromatic heterocycles. The number of nitrogens with zero attached hydrogens (tertiary/aromatic N) is 5. The smallest absolute Gasteiger partial charge is 0.278 e. The molecule has 0 saturated heterocycles. The molecule has 174 valence electrons. The Morgan fingerprint density at radius 3 is 2.24 bits per heavy atom. The number of benzene rings is 2. The number of hydrogen-bond acceptors (Lipinski definition) is 6. The summed E-state index contributed by atoms with van der Waals surface area (Å²) in [6, 6.07) is 17.8. The minimum absolute atomic E-state index is 0.283. The van der Waals surface area contributed by atoms with E-state index in [2.05, 4.69) is 39.4 Å². The first-order chi connectivity index (χ1) is 16.3. The fourth-order valence-corrected chi connectivity index (χ4v) is 4.48. The third kappa shape index (κ3) is 5.51. The standard InChI is InChI=1S/C26H28N6OS/c1-16(2)20-8-10-21(11-9-20)29-25(33)24-23(15-34-26-27-18(4)14-19(5)28-26)32(31-30-24)22-12-6-17(3)7-13-22/h6-14,16H,15H2,1-5H3,(H,29,33).